The molecule has 0 unspecified atom stereocenters. The summed E-state index contributed by atoms with van der Waals surface area (Å²) in [7, 11) is 0. The van der Waals surface area contributed by atoms with E-state index in [0.717, 1.165) is 45.8 Å². The van der Waals surface area contributed by atoms with Gasteiger partial charge in [-0.2, -0.15) is 0 Å². The zero-order valence-corrected chi connectivity index (χ0v) is 10.3. The first kappa shape index (κ1) is 13.7. The molecule has 2 N–H and O–H groups in total. The molecule has 0 saturated heterocycles. The van der Waals surface area contributed by atoms with Crippen LogP contribution in [0.4, 0.5) is 0 Å². The second kappa shape index (κ2) is 11.1. The fourth-order valence-corrected chi connectivity index (χ4v) is 1.73. The van der Waals surface area contributed by atoms with Crippen LogP contribution < -0.4 is 10.6 Å². The molecule has 0 atom stereocenters. The standard InChI is InChI=1S/C13H26N2O/c1-2-4-6-12-16-13-7-9-15-11-10-14-8-5-3-1/h3,5,14-15H,1-2,4,6-13H2. The maximum atomic E-state index is 5.56. The van der Waals surface area contributed by atoms with Gasteiger partial charge in [0.05, 0.1) is 0 Å². The van der Waals surface area contributed by atoms with Gasteiger partial charge in [-0.3, -0.25) is 0 Å². The highest BCUT2D eigenvalue weighted by Crippen LogP contribution is 2.01. The Labute approximate surface area is 99.6 Å². The molecule has 1 rings (SSSR count). The average molecular weight is 226 g/mol. The van der Waals surface area contributed by atoms with Crippen LogP contribution in [0.5, 0.6) is 0 Å². The zero-order chi connectivity index (χ0) is 11.3. The van der Waals surface area contributed by atoms with Gasteiger partial charge in [0.1, 0.15) is 0 Å². The first-order chi connectivity index (χ1) is 8.00. The SMILES string of the molecule is C1=CCNCCNCCCOCCCCC1. The minimum absolute atomic E-state index is 0.903. The molecule has 0 bridgehead atoms. The molecule has 1 aliphatic heterocycles. The number of ether oxygens (including phenoxy) is 1. The lowest BCUT2D eigenvalue weighted by Gasteiger charge is -2.07. The summed E-state index contributed by atoms with van der Waals surface area (Å²) < 4.78 is 5.56. The van der Waals surface area contributed by atoms with E-state index in [1.807, 2.05) is 0 Å². The molecule has 16 heavy (non-hydrogen) atoms. The highest BCUT2D eigenvalue weighted by Gasteiger charge is 1.92. The van der Waals surface area contributed by atoms with Gasteiger partial charge in [0.15, 0.2) is 0 Å². The Hall–Kier alpha value is -0.380. The van der Waals surface area contributed by atoms with Crippen LogP contribution in [0.3, 0.4) is 0 Å². The second-order valence-electron chi connectivity index (χ2n) is 4.24. The predicted octanol–water partition coefficient (Wildman–Crippen LogP) is 1.70. The third-order valence-corrected chi connectivity index (χ3v) is 2.71. The van der Waals surface area contributed by atoms with E-state index in [2.05, 4.69) is 22.8 Å². The third kappa shape index (κ3) is 8.89. The van der Waals surface area contributed by atoms with Gasteiger partial charge in [0, 0.05) is 32.8 Å². The zero-order valence-electron chi connectivity index (χ0n) is 10.3. The van der Waals surface area contributed by atoms with Crippen LogP contribution in [0.15, 0.2) is 12.2 Å². The summed E-state index contributed by atoms with van der Waals surface area (Å²) >= 11 is 0. The molecule has 0 aromatic heterocycles. The van der Waals surface area contributed by atoms with E-state index in [0.29, 0.717) is 0 Å². The Morgan fingerprint density at radius 2 is 1.62 bits per heavy atom. The quantitative estimate of drug-likeness (QED) is 0.617. The minimum atomic E-state index is 0.903. The Morgan fingerprint density at radius 3 is 2.62 bits per heavy atom. The van der Waals surface area contributed by atoms with Crippen molar-refractivity contribution in [1.82, 2.24) is 10.6 Å². The molecule has 0 fully saturated rings. The number of nitrogens with one attached hydrogen (secondary N) is 2. The van der Waals surface area contributed by atoms with Crippen LogP contribution in [-0.2, 0) is 4.74 Å². The molecule has 0 amide bonds. The molecule has 1 aliphatic rings. The Balaban J connectivity index is 2.07. The van der Waals surface area contributed by atoms with Crippen molar-refractivity contribution >= 4 is 0 Å². The van der Waals surface area contributed by atoms with Crippen molar-refractivity contribution in [1.29, 1.82) is 0 Å². The summed E-state index contributed by atoms with van der Waals surface area (Å²) in [4.78, 5) is 0. The molecule has 3 nitrogen and oxygen atoms in total. The lowest BCUT2D eigenvalue weighted by atomic mass is 10.2. The summed E-state index contributed by atoms with van der Waals surface area (Å²) in [5.41, 5.74) is 0. The molecule has 0 aliphatic carbocycles. The van der Waals surface area contributed by atoms with Crippen molar-refractivity contribution in [2.45, 2.75) is 32.1 Å². The highest BCUT2D eigenvalue weighted by molar-refractivity contribution is 4.83. The summed E-state index contributed by atoms with van der Waals surface area (Å²) in [6, 6.07) is 0. The van der Waals surface area contributed by atoms with E-state index >= 15 is 0 Å². The van der Waals surface area contributed by atoms with Gasteiger partial charge in [-0.1, -0.05) is 18.6 Å². The van der Waals surface area contributed by atoms with E-state index in [-0.39, 0.29) is 0 Å². The largest absolute Gasteiger partial charge is 0.381 e. The number of allylic oxidation sites excluding steroid dienone is 1. The molecular weight excluding hydrogens is 200 g/mol. The van der Waals surface area contributed by atoms with Crippen molar-refractivity contribution < 1.29 is 4.74 Å². The summed E-state index contributed by atoms with van der Waals surface area (Å²) in [6.45, 7) is 6.01. The first-order valence-electron chi connectivity index (χ1n) is 6.64. The molecule has 0 spiro atoms. The molecule has 0 radical (unpaired) electrons. The van der Waals surface area contributed by atoms with Crippen LogP contribution in [0.2, 0.25) is 0 Å². The molecule has 94 valence electrons. The van der Waals surface area contributed by atoms with E-state index in [1.165, 1.54) is 25.7 Å². The number of hydrogen-bond acceptors (Lipinski definition) is 3. The monoisotopic (exact) mass is 226 g/mol. The van der Waals surface area contributed by atoms with Gasteiger partial charge >= 0.3 is 0 Å². The van der Waals surface area contributed by atoms with Crippen LogP contribution >= 0.6 is 0 Å². The Kier molecular flexibility index (Phi) is 9.51. The van der Waals surface area contributed by atoms with Gasteiger partial charge < -0.3 is 15.4 Å². The summed E-state index contributed by atoms with van der Waals surface area (Å²) in [6.07, 6.45) is 10.6. The Bertz CT molecular complexity index is 153. The predicted molar refractivity (Wildman–Crippen MR) is 68.8 cm³/mol. The van der Waals surface area contributed by atoms with E-state index < -0.39 is 0 Å². The van der Waals surface area contributed by atoms with Gasteiger partial charge in [0.25, 0.3) is 0 Å². The van der Waals surface area contributed by atoms with E-state index in [9.17, 15) is 0 Å². The molecule has 0 aromatic carbocycles. The minimum Gasteiger partial charge on any atom is -0.381 e. The smallest absolute Gasteiger partial charge is 0.0478 e. The second-order valence-corrected chi connectivity index (χ2v) is 4.24. The fourth-order valence-electron chi connectivity index (χ4n) is 1.73. The van der Waals surface area contributed by atoms with E-state index in [1.54, 1.807) is 0 Å². The maximum Gasteiger partial charge on any atom is 0.0478 e. The van der Waals surface area contributed by atoms with E-state index in [4.69, 9.17) is 4.74 Å². The van der Waals surface area contributed by atoms with Crippen molar-refractivity contribution in [3.8, 4) is 0 Å². The van der Waals surface area contributed by atoms with Crippen LogP contribution in [0.25, 0.3) is 0 Å². The molecular formula is C13H26N2O. The van der Waals surface area contributed by atoms with Gasteiger partial charge in [0.2, 0.25) is 0 Å². The molecule has 1 heterocycles. The van der Waals surface area contributed by atoms with Gasteiger partial charge in [-0.05, 0) is 32.2 Å². The molecule has 0 aromatic rings. The van der Waals surface area contributed by atoms with Crippen molar-refractivity contribution in [3.05, 3.63) is 12.2 Å². The molecule has 0 saturated carbocycles. The molecule has 3 heteroatoms. The van der Waals surface area contributed by atoms with Gasteiger partial charge in [-0.15, -0.1) is 0 Å². The van der Waals surface area contributed by atoms with Crippen LogP contribution in [-0.4, -0.2) is 39.4 Å². The Morgan fingerprint density at radius 1 is 0.750 bits per heavy atom. The van der Waals surface area contributed by atoms with Crippen molar-refractivity contribution in [3.63, 3.8) is 0 Å². The topological polar surface area (TPSA) is 33.3 Å². The highest BCUT2D eigenvalue weighted by atomic mass is 16.5. The summed E-state index contributed by atoms with van der Waals surface area (Å²) in [5.74, 6) is 0. The maximum absolute atomic E-state index is 5.56. The first-order valence-corrected chi connectivity index (χ1v) is 6.64. The van der Waals surface area contributed by atoms with Crippen molar-refractivity contribution in [2.75, 3.05) is 39.4 Å². The fraction of sp³-hybridized carbons (Fsp3) is 0.846. The lowest BCUT2D eigenvalue weighted by molar-refractivity contribution is 0.127. The average Bonchev–Trinajstić information content (AvgIpc) is 2.29. The summed E-state index contributed by atoms with van der Waals surface area (Å²) in [5, 5.41) is 6.79. The van der Waals surface area contributed by atoms with Gasteiger partial charge in [-0.25, -0.2) is 0 Å². The van der Waals surface area contributed by atoms with Crippen LogP contribution in [0.1, 0.15) is 32.1 Å². The number of rotatable bonds is 0. The third-order valence-electron chi connectivity index (χ3n) is 2.71. The lowest BCUT2D eigenvalue weighted by Crippen LogP contribution is -2.28. The normalized spacial score (nSPS) is 23.0. The van der Waals surface area contributed by atoms with Crippen LogP contribution in [0, 0.1) is 0 Å². The number of hydrogen-bond donors (Lipinski definition) is 2. The van der Waals surface area contributed by atoms with Crippen molar-refractivity contribution in [2.24, 2.45) is 0 Å².